The molecular weight excluding hydrogens is 424 g/mol. The molecule has 0 radical (unpaired) electrons. The summed E-state index contributed by atoms with van der Waals surface area (Å²) in [6, 6.07) is -0.742. The maximum Gasteiger partial charge on any atom is 0.320 e. The van der Waals surface area contributed by atoms with Crippen molar-refractivity contribution in [2.24, 2.45) is 11.5 Å². The number of nitrogens with two attached hydrogens (primary N) is 2. The van der Waals surface area contributed by atoms with Crippen LogP contribution in [0.4, 0.5) is 0 Å². The Labute approximate surface area is 198 Å². The lowest BCUT2D eigenvalue weighted by Crippen LogP contribution is -2.30. The summed E-state index contributed by atoms with van der Waals surface area (Å²) in [5.74, 6) is -1.38. The molecule has 8 nitrogen and oxygen atoms in total. The number of aliphatic carboxylic acids is 2. The van der Waals surface area contributed by atoms with Crippen LogP contribution in [-0.4, -0.2) is 40.0 Å². The standard InChI is InChI=1S/C20H32O4.C5H12N2O2/c1-2-3-4-5-6-7-8-9-10-11-12-13-14-16-19(24-23)17-15-18-20(21)22;6-3-1-2-4(7)5(8)9/h7-10,12-13,16,23H,2-6,11,14-15,17-18H2,1H3,(H,21,22);4H,1-3,6-7H2,(H,8,9)/t;4-/m.0/s1. The molecule has 7 N–H and O–H groups in total. The fourth-order valence-corrected chi connectivity index (χ4v) is 2.55. The summed E-state index contributed by atoms with van der Waals surface area (Å²) in [4.78, 5) is 24.7. The van der Waals surface area contributed by atoms with Crippen molar-refractivity contribution in [3.63, 3.8) is 0 Å². The molecule has 1 atom stereocenters. The van der Waals surface area contributed by atoms with Crippen LogP contribution in [0, 0.1) is 0 Å². The number of unbranched alkanes of at least 4 members (excludes halogenated alkanes) is 4. The zero-order valence-electron chi connectivity index (χ0n) is 20.0. The van der Waals surface area contributed by atoms with Crippen molar-refractivity contribution >= 4 is 11.9 Å². The molecule has 0 spiro atoms. The van der Waals surface area contributed by atoms with Crippen LogP contribution in [0.2, 0.25) is 0 Å². The number of rotatable bonds is 19. The Kier molecular flexibility index (Phi) is 25.6. The van der Waals surface area contributed by atoms with Gasteiger partial charge >= 0.3 is 11.9 Å². The number of hydrogen-bond donors (Lipinski definition) is 5. The highest BCUT2D eigenvalue weighted by Crippen LogP contribution is 2.09. The molecule has 0 aromatic carbocycles. The van der Waals surface area contributed by atoms with Gasteiger partial charge in [-0.2, -0.15) is 0 Å². The largest absolute Gasteiger partial charge is 0.481 e. The molecule has 0 aromatic heterocycles. The number of allylic oxidation sites excluding steroid dienone is 8. The fraction of sp³-hybridized carbons (Fsp3) is 0.600. The van der Waals surface area contributed by atoms with E-state index in [1.54, 1.807) is 6.08 Å². The summed E-state index contributed by atoms with van der Waals surface area (Å²) in [6.45, 7) is 2.72. The molecular formula is C25H44N2O6. The van der Waals surface area contributed by atoms with E-state index < -0.39 is 18.0 Å². The Morgan fingerprint density at radius 3 is 2.21 bits per heavy atom. The summed E-state index contributed by atoms with van der Waals surface area (Å²) in [6.07, 6.45) is 24.2. The van der Waals surface area contributed by atoms with Gasteiger partial charge in [0.15, 0.2) is 0 Å². The van der Waals surface area contributed by atoms with Gasteiger partial charge in [-0.15, -0.1) is 0 Å². The van der Waals surface area contributed by atoms with Gasteiger partial charge in [0, 0.05) is 12.8 Å². The second-order valence-electron chi connectivity index (χ2n) is 7.53. The zero-order valence-corrected chi connectivity index (χ0v) is 20.0. The highest BCUT2D eigenvalue weighted by Gasteiger charge is 2.08. The van der Waals surface area contributed by atoms with Crippen LogP contribution in [0.15, 0.2) is 48.3 Å². The van der Waals surface area contributed by atoms with Gasteiger partial charge in [0.2, 0.25) is 0 Å². The summed E-state index contributed by atoms with van der Waals surface area (Å²) >= 11 is 0. The minimum Gasteiger partial charge on any atom is -0.481 e. The molecule has 0 saturated carbocycles. The first kappa shape index (κ1) is 32.8. The lowest BCUT2D eigenvalue weighted by Gasteiger charge is -2.02. The number of carboxylic acids is 2. The zero-order chi connectivity index (χ0) is 25.2. The Bertz CT molecular complexity index is 600. The van der Waals surface area contributed by atoms with E-state index in [1.807, 2.05) is 12.2 Å². The maximum atomic E-state index is 10.4. The molecule has 0 aromatic rings. The molecule has 0 aliphatic rings. The van der Waals surface area contributed by atoms with Gasteiger partial charge in [-0.05, 0) is 57.6 Å². The Morgan fingerprint density at radius 2 is 1.61 bits per heavy atom. The molecule has 0 aliphatic carbocycles. The van der Waals surface area contributed by atoms with Crippen LogP contribution in [0.1, 0.15) is 84.0 Å². The van der Waals surface area contributed by atoms with Crippen molar-refractivity contribution in [1.82, 2.24) is 0 Å². The highest BCUT2D eigenvalue weighted by atomic mass is 17.1. The highest BCUT2D eigenvalue weighted by molar-refractivity contribution is 5.72. The minimum absolute atomic E-state index is 0.0768. The van der Waals surface area contributed by atoms with Crippen molar-refractivity contribution < 1.29 is 29.9 Å². The third-order valence-corrected chi connectivity index (χ3v) is 4.50. The number of hydrogen-bond acceptors (Lipinski definition) is 6. The van der Waals surface area contributed by atoms with E-state index >= 15 is 0 Å². The van der Waals surface area contributed by atoms with Crippen molar-refractivity contribution in [3.05, 3.63) is 48.3 Å². The van der Waals surface area contributed by atoms with Crippen molar-refractivity contribution in [2.75, 3.05) is 6.54 Å². The SMILES string of the molecule is CCCCCCC=CC=CCC=CCC=C(CCCC(=O)O)OO.NCCC[C@H](N)C(=O)O. The smallest absolute Gasteiger partial charge is 0.320 e. The predicted octanol–water partition coefficient (Wildman–Crippen LogP) is 5.17. The molecule has 0 unspecified atom stereocenters. The number of carbonyl (C=O) groups is 2. The first-order valence-electron chi connectivity index (χ1n) is 11.8. The van der Waals surface area contributed by atoms with Crippen LogP contribution in [0.5, 0.6) is 0 Å². The molecule has 190 valence electrons. The Balaban J connectivity index is 0. The van der Waals surface area contributed by atoms with Crippen molar-refractivity contribution in [2.45, 2.75) is 90.0 Å². The molecule has 0 heterocycles. The van der Waals surface area contributed by atoms with E-state index in [0.717, 1.165) is 12.8 Å². The van der Waals surface area contributed by atoms with Crippen LogP contribution in [0.25, 0.3) is 0 Å². The molecule has 0 aliphatic heterocycles. The monoisotopic (exact) mass is 468 g/mol. The van der Waals surface area contributed by atoms with E-state index in [4.69, 9.17) is 26.9 Å². The fourth-order valence-electron chi connectivity index (χ4n) is 2.55. The van der Waals surface area contributed by atoms with E-state index in [1.165, 1.54) is 25.7 Å². The average Bonchev–Trinajstić information content (AvgIpc) is 2.79. The van der Waals surface area contributed by atoms with Gasteiger partial charge in [0.05, 0.1) is 0 Å². The molecule has 0 bridgehead atoms. The van der Waals surface area contributed by atoms with E-state index in [9.17, 15) is 9.59 Å². The molecule has 0 amide bonds. The minimum atomic E-state index is -0.955. The van der Waals surface area contributed by atoms with Gasteiger partial charge in [0.25, 0.3) is 0 Å². The van der Waals surface area contributed by atoms with Gasteiger partial charge in [-0.1, -0.05) is 62.6 Å². The second kappa shape index (κ2) is 25.8. The van der Waals surface area contributed by atoms with Gasteiger partial charge in [0.1, 0.15) is 11.8 Å². The summed E-state index contributed by atoms with van der Waals surface area (Å²) in [5.41, 5.74) is 10.3. The maximum absolute atomic E-state index is 10.4. The first-order chi connectivity index (χ1) is 15.9. The van der Waals surface area contributed by atoms with Crippen molar-refractivity contribution in [3.8, 4) is 0 Å². The number of carboxylic acid groups (broad SMARTS) is 2. The molecule has 8 heteroatoms. The molecule has 0 fully saturated rings. The molecule has 33 heavy (non-hydrogen) atoms. The average molecular weight is 469 g/mol. The Hall–Kier alpha value is -2.42. The lowest BCUT2D eigenvalue weighted by atomic mass is 10.1. The summed E-state index contributed by atoms with van der Waals surface area (Å²) < 4.78 is 0. The van der Waals surface area contributed by atoms with Crippen molar-refractivity contribution in [1.29, 1.82) is 0 Å². The van der Waals surface area contributed by atoms with E-state index in [0.29, 0.717) is 44.4 Å². The lowest BCUT2D eigenvalue weighted by molar-refractivity contribution is -0.206. The Morgan fingerprint density at radius 1 is 0.909 bits per heavy atom. The van der Waals surface area contributed by atoms with Gasteiger partial charge < -0.3 is 26.6 Å². The normalized spacial score (nSPS) is 12.8. The van der Waals surface area contributed by atoms with E-state index in [-0.39, 0.29) is 6.42 Å². The summed E-state index contributed by atoms with van der Waals surface area (Å²) in [5, 5.41) is 25.5. The van der Waals surface area contributed by atoms with Crippen LogP contribution in [0.3, 0.4) is 0 Å². The molecule has 0 rings (SSSR count). The van der Waals surface area contributed by atoms with Gasteiger partial charge in [-0.3, -0.25) is 9.59 Å². The quantitative estimate of drug-likeness (QED) is 0.0434. The third kappa shape index (κ3) is 27.5. The second-order valence-corrected chi connectivity index (χ2v) is 7.53. The van der Waals surface area contributed by atoms with Crippen LogP contribution < -0.4 is 11.5 Å². The third-order valence-electron chi connectivity index (χ3n) is 4.50. The van der Waals surface area contributed by atoms with Gasteiger partial charge in [-0.25, -0.2) is 5.26 Å². The predicted molar refractivity (Wildman–Crippen MR) is 133 cm³/mol. The van der Waals surface area contributed by atoms with E-state index in [2.05, 4.69) is 36.1 Å². The molecule has 0 saturated heterocycles. The topological polar surface area (TPSA) is 156 Å². The van der Waals surface area contributed by atoms with Crippen LogP contribution in [-0.2, 0) is 14.5 Å². The van der Waals surface area contributed by atoms with Crippen LogP contribution >= 0.6 is 0 Å². The summed E-state index contributed by atoms with van der Waals surface area (Å²) in [7, 11) is 0. The first-order valence-corrected chi connectivity index (χ1v) is 11.8.